The van der Waals surface area contributed by atoms with Crippen molar-refractivity contribution in [1.29, 1.82) is 5.26 Å². The van der Waals surface area contributed by atoms with Gasteiger partial charge in [0.1, 0.15) is 17.7 Å². The van der Waals surface area contributed by atoms with E-state index in [4.69, 9.17) is 14.2 Å². The zero-order chi connectivity index (χ0) is 24.5. The fourth-order valence-corrected chi connectivity index (χ4v) is 5.51. The minimum atomic E-state index is -0.296. The molecule has 1 aliphatic carbocycles. The first kappa shape index (κ1) is 23.2. The Kier molecular flexibility index (Phi) is 6.37. The van der Waals surface area contributed by atoms with Gasteiger partial charge in [0, 0.05) is 18.2 Å². The van der Waals surface area contributed by atoms with Crippen LogP contribution < -0.4 is 20.2 Å². The van der Waals surface area contributed by atoms with Crippen molar-refractivity contribution >= 4 is 5.97 Å². The SMILES string of the molecule is CCOC(=O)C1CC1C1NC2C(C#N)=CNN2C(c2ccc(OC)cc2)C1c1ccc(OC)cc1. The van der Waals surface area contributed by atoms with Gasteiger partial charge in [0.25, 0.3) is 0 Å². The number of carbonyl (C=O) groups excluding carboxylic acids is 1. The normalized spacial score (nSPS) is 29.3. The summed E-state index contributed by atoms with van der Waals surface area (Å²) < 4.78 is 16.1. The molecule has 1 saturated heterocycles. The van der Waals surface area contributed by atoms with E-state index in [1.807, 2.05) is 31.2 Å². The summed E-state index contributed by atoms with van der Waals surface area (Å²) in [5.41, 5.74) is 6.18. The van der Waals surface area contributed by atoms with Crippen molar-refractivity contribution in [2.24, 2.45) is 11.8 Å². The fraction of sp³-hybridized carbons (Fsp3) is 0.407. The number of fused-ring (bicyclic) bond motifs is 1. The molecule has 2 aromatic rings. The van der Waals surface area contributed by atoms with E-state index in [0.29, 0.717) is 12.2 Å². The molecule has 8 nitrogen and oxygen atoms in total. The zero-order valence-corrected chi connectivity index (χ0v) is 20.1. The number of benzene rings is 2. The fourth-order valence-electron chi connectivity index (χ4n) is 5.51. The summed E-state index contributed by atoms with van der Waals surface area (Å²) in [7, 11) is 3.31. The molecule has 2 aromatic carbocycles. The Hall–Kier alpha value is -3.54. The predicted molar refractivity (Wildman–Crippen MR) is 129 cm³/mol. The first-order valence-corrected chi connectivity index (χ1v) is 11.9. The lowest BCUT2D eigenvalue weighted by atomic mass is 9.76. The number of hydrogen-bond acceptors (Lipinski definition) is 8. The maximum atomic E-state index is 12.6. The molecule has 35 heavy (non-hydrogen) atoms. The molecule has 0 aromatic heterocycles. The maximum absolute atomic E-state index is 12.6. The monoisotopic (exact) mass is 474 g/mol. The van der Waals surface area contributed by atoms with Crippen LogP contribution in [0.15, 0.2) is 60.3 Å². The molecule has 0 bridgehead atoms. The standard InChI is InChI=1S/C27H30N4O4/c1-4-35-27(32)22-13-21(22)24-23(16-5-9-19(33-2)10-6-16)25(17-7-11-20(34-3)12-8-17)31-26(30-24)18(14-28)15-29-31/h5-12,15,21-26,29-30H,4,13H2,1-3H3. The Morgan fingerprint density at radius 3 is 2.26 bits per heavy atom. The van der Waals surface area contributed by atoms with Crippen molar-refractivity contribution in [3.63, 3.8) is 0 Å². The Labute approximate surface area is 205 Å². The van der Waals surface area contributed by atoms with Gasteiger partial charge in [-0.25, -0.2) is 0 Å². The summed E-state index contributed by atoms with van der Waals surface area (Å²) in [6.45, 7) is 2.21. The lowest BCUT2D eigenvalue weighted by molar-refractivity contribution is -0.145. The second-order valence-corrected chi connectivity index (χ2v) is 9.12. The minimum Gasteiger partial charge on any atom is -0.497 e. The molecule has 5 rings (SSSR count). The van der Waals surface area contributed by atoms with E-state index in [9.17, 15) is 10.1 Å². The lowest BCUT2D eigenvalue weighted by Crippen LogP contribution is -2.62. The van der Waals surface area contributed by atoms with Gasteiger partial charge in [-0.1, -0.05) is 24.3 Å². The van der Waals surface area contributed by atoms with Crippen LogP contribution in [0.3, 0.4) is 0 Å². The molecule has 2 heterocycles. The molecule has 1 saturated carbocycles. The molecule has 6 atom stereocenters. The number of nitrogens with one attached hydrogen (secondary N) is 2. The molecule has 3 aliphatic rings. The van der Waals surface area contributed by atoms with Crippen LogP contribution in [0, 0.1) is 23.2 Å². The van der Waals surface area contributed by atoms with Gasteiger partial charge < -0.3 is 19.6 Å². The number of ether oxygens (including phenoxy) is 3. The van der Waals surface area contributed by atoms with E-state index < -0.39 is 0 Å². The van der Waals surface area contributed by atoms with Gasteiger partial charge in [0.15, 0.2) is 0 Å². The summed E-state index contributed by atoms with van der Waals surface area (Å²) >= 11 is 0. The molecule has 8 heteroatoms. The third-order valence-corrected chi connectivity index (χ3v) is 7.30. The van der Waals surface area contributed by atoms with Crippen LogP contribution in [-0.2, 0) is 9.53 Å². The van der Waals surface area contributed by atoms with E-state index in [1.165, 1.54) is 0 Å². The van der Waals surface area contributed by atoms with E-state index in [2.05, 4.69) is 46.1 Å². The Morgan fingerprint density at radius 2 is 1.69 bits per heavy atom. The first-order valence-electron chi connectivity index (χ1n) is 11.9. The Bertz CT molecular complexity index is 1140. The largest absolute Gasteiger partial charge is 0.497 e. The van der Waals surface area contributed by atoms with Gasteiger partial charge >= 0.3 is 5.97 Å². The summed E-state index contributed by atoms with van der Waals surface area (Å²) in [6, 6.07) is 18.4. The Balaban J connectivity index is 1.58. The van der Waals surface area contributed by atoms with Gasteiger partial charge in [-0.15, -0.1) is 0 Å². The number of hydrogen-bond donors (Lipinski definition) is 2. The van der Waals surface area contributed by atoms with Gasteiger partial charge in [-0.3, -0.25) is 10.1 Å². The van der Waals surface area contributed by atoms with Crippen LogP contribution in [0.1, 0.15) is 36.4 Å². The van der Waals surface area contributed by atoms with Crippen LogP contribution in [0.2, 0.25) is 0 Å². The summed E-state index contributed by atoms with van der Waals surface area (Å²) in [4.78, 5) is 12.6. The highest BCUT2D eigenvalue weighted by Crippen LogP contribution is 2.53. The second-order valence-electron chi connectivity index (χ2n) is 9.12. The van der Waals surface area contributed by atoms with E-state index in [-0.39, 0.29) is 42.0 Å². The molecule has 2 fully saturated rings. The quantitative estimate of drug-likeness (QED) is 0.591. The Morgan fingerprint density at radius 1 is 1.06 bits per heavy atom. The van der Waals surface area contributed by atoms with Crippen LogP contribution in [0.4, 0.5) is 0 Å². The van der Waals surface area contributed by atoms with Gasteiger partial charge in [-0.05, 0) is 54.7 Å². The second kappa shape index (κ2) is 9.61. The molecule has 0 radical (unpaired) electrons. The zero-order valence-electron chi connectivity index (χ0n) is 20.1. The highest BCUT2D eigenvalue weighted by atomic mass is 16.5. The minimum absolute atomic E-state index is 0.00563. The van der Waals surface area contributed by atoms with Crippen LogP contribution in [0.25, 0.3) is 0 Å². The first-order chi connectivity index (χ1) is 17.1. The third-order valence-electron chi connectivity index (χ3n) is 7.30. The molecular weight excluding hydrogens is 444 g/mol. The third kappa shape index (κ3) is 4.22. The maximum Gasteiger partial charge on any atom is 0.309 e. The van der Waals surface area contributed by atoms with E-state index in [1.54, 1.807) is 20.4 Å². The highest BCUT2D eigenvalue weighted by molar-refractivity contribution is 5.76. The summed E-state index contributed by atoms with van der Waals surface area (Å²) in [6.07, 6.45) is 2.23. The van der Waals surface area contributed by atoms with Crippen LogP contribution >= 0.6 is 0 Å². The molecule has 0 spiro atoms. The van der Waals surface area contributed by atoms with Crippen LogP contribution in [0.5, 0.6) is 11.5 Å². The van der Waals surface area contributed by atoms with Gasteiger partial charge in [0.2, 0.25) is 0 Å². The molecule has 2 aliphatic heterocycles. The highest BCUT2D eigenvalue weighted by Gasteiger charge is 2.57. The average Bonchev–Trinajstić information content (AvgIpc) is 3.60. The number of nitriles is 1. The van der Waals surface area contributed by atoms with Crippen molar-refractivity contribution in [2.45, 2.75) is 37.5 Å². The number of esters is 1. The molecule has 182 valence electrons. The molecule has 0 amide bonds. The summed E-state index contributed by atoms with van der Waals surface area (Å²) in [5.74, 6) is 1.40. The lowest BCUT2D eigenvalue weighted by Gasteiger charge is -2.48. The van der Waals surface area contributed by atoms with Gasteiger partial charge in [0.05, 0.1) is 44.4 Å². The average molecular weight is 475 g/mol. The van der Waals surface area contributed by atoms with Crippen molar-refractivity contribution < 1.29 is 19.0 Å². The van der Waals surface area contributed by atoms with Crippen molar-refractivity contribution in [3.05, 3.63) is 71.4 Å². The number of carbonyl (C=O) groups is 1. The van der Waals surface area contributed by atoms with E-state index >= 15 is 0 Å². The number of hydrazine groups is 1. The number of nitrogens with zero attached hydrogens (tertiary/aromatic N) is 2. The van der Waals surface area contributed by atoms with Crippen molar-refractivity contribution in [3.8, 4) is 17.6 Å². The van der Waals surface area contributed by atoms with Gasteiger partial charge in [-0.2, -0.15) is 10.3 Å². The molecular formula is C27H30N4O4. The predicted octanol–water partition coefficient (Wildman–Crippen LogP) is 3.25. The summed E-state index contributed by atoms with van der Waals surface area (Å²) in [5, 5.41) is 15.6. The van der Waals surface area contributed by atoms with Crippen LogP contribution in [-0.4, -0.2) is 44.0 Å². The number of methoxy groups -OCH3 is 2. The smallest absolute Gasteiger partial charge is 0.309 e. The number of rotatable bonds is 7. The molecule has 6 unspecified atom stereocenters. The molecule has 2 N–H and O–H groups in total. The topological polar surface area (TPSA) is 95.8 Å². The van der Waals surface area contributed by atoms with Crippen molar-refractivity contribution in [1.82, 2.24) is 15.8 Å². The van der Waals surface area contributed by atoms with Crippen molar-refractivity contribution in [2.75, 3.05) is 20.8 Å². The van der Waals surface area contributed by atoms with E-state index in [0.717, 1.165) is 29.0 Å².